The molecule has 3 rings (SSSR count). The number of nitrogens with zero attached hydrogens (tertiary/aromatic N) is 2. The Morgan fingerprint density at radius 3 is 2.67 bits per heavy atom. The van der Waals surface area contributed by atoms with E-state index >= 15 is 0 Å². The van der Waals surface area contributed by atoms with Crippen LogP contribution in [0, 0.1) is 24.2 Å². The third kappa shape index (κ3) is 2.29. The molecule has 1 aliphatic rings. The minimum Gasteiger partial charge on any atom is -0.274 e. The Labute approximate surface area is 133 Å². The number of halogens is 2. The van der Waals surface area contributed by atoms with Gasteiger partial charge in [-0.3, -0.25) is 9.36 Å². The molecule has 2 atom stereocenters. The first-order chi connectivity index (χ1) is 9.84. The first-order valence-corrected chi connectivity index (χ1v) is 7.60. The largest absolute Gasteiger partial charge is 0.274 e. The topological polar surface area (TPSA) is 34.9 Å². The standard InChI is InChI=1S/C16H16Cl2N2O/c1-9-19-11-6-4-5-7-12(11)20(9)15(21)14-10(8-13(17)18)16(14,2)3/h4-8,10,14H,1-3H3. The normalized spacial score (nSPS) is 23.1. The number of aryl methyl sites for hydroxylation is 1. The number of rotatable bonds is 2. The maximum Gasteiger partial charge on any atom is 0.236 e. The van der Waals surface area contributed by atoms with Crippen LogP contribution in [0.3, 0.4) is 0 Å². The van der Waals surface area contributed by atoms with Crippen LogP contribution in [0.25, 0.3) is 11.0 Å². The summed E-state index contributed by atoms with van der Waals surface area (Å²) in [7, 11) is 0. The van der Waals surface area contributed by atoms with Gasteiger partial charge >= 0.3 is 0 Å². The van der Waals surface area contributed by atoms with E-state index in [1.165, 1.54) is 0 Å². The van der Waals surface area contributed by atoms with Crippen molar-refractivity contribution in [3.05, 3.63) is 40.7 Å². The average Bonchev–Trinajstić information content (AvgIpc) is 2.77. The first-order valence-electron chi connectivity index (χ1n) is 6.85. The van der Waals surface area contributed by atoms with Crippen molar-refractivity contribution in [3.8, 4) is 0 Å². The number of carbonyl (C=O) groups is 1. The van der Waals surface area contributed by atoms with Gasteiger partial charge in [0.1, 0.15) is 10.3 Å². The molecule has 1 aromatic heterocycles. The summed E-state index contributed by atoms with van der Waals surface area (Å²) >= 11 is 11.5. The number of hydrogen-bond donors (Lipinski definition) is 0. The van der Waals surface area contributed by atoms with E-state index in [0.29, 0.717) is 5.82 Å². The van der Waals surface area contributed by atoms with Gasteiger partial charge in [0.2, 0.25) is 5.91 Å². The quantitative estimate of drug-likeness (QED) is 0.811. The Hall–Kier alpha value is -1.32. The summed E-state index contributed by atoms with van der Waals surface area (Å²) in [6, 6.07) is 7.67. The highest BCUT2D eigenvalue weighted by Gasteiger charge is 2.61. The van der Waals surface area contributed by atoms with E-state index in [1.807, 2.05) is 31.2 Å². The Balaban J connectivity index is 2.03. The van der Waals surface area contributed by atoms with Gasteiger partial charge in [-0.25, -0.2) is 4.98 Å². The highest BCUT2D eigenvalue weighted by molar-refractivity contribution is 6.55. The van der Waals surface area contributed by atoms with Crippen molar-refractivity contribution in [3.63, 3.8) is 0 Å². The summed E-state index contributed by atoms with van der Waals surface area (Å²) in [5, 5.41) is 0. The Kier molecular flexibility index (Phi) is 3.38. The van der Waals surface area contributed by atoms with Crippen LogP contribution < -0.4 is 0 Å². The molecule has 0 amide bonds. The highest BCUT2D eigenvalue weighted by Crippen LogP contribution is 2.60. The van der Waals surface area contributed by atoms with E-state index in [4.69, 9.17) is 23.2 Å². The molecule has 1 aromatic carbocycles. The molecule has 21 heavy (non-hydrogen) atoms. The van der Waals surface area contributed by atoms with E-state index in [1.54, 1.807) is 10.6 Å². The lowest BCUT2D eigenvalue weighted by Gasteiger charge is -2.06. The van der Waals surface area contributed by atoms with Gasteiger partial charge in [0.05, 0.1) is 17.0 Å². The predicted molar refractivity (Wildman–Crippen MR) is 85.6 cm³/mol. The second kappa shape index (κ2) is 4.85. The third-order valence-corrected chi connectivity index (χ3v) is 4.68. The minimum absolute atomic E-state index is 0.0574. The zero-order valence-electron chi connectivity index (χ0n) is 12.1. The molecule has 0 spiro atoms. The van der Waals surface area contributed by atoms with Gasteiger partial charge in [0.25, 0.3) is 0 Å². The molecule has 2 unspecified atom stereocenters. The van der Waals surface area contributed by atoms with E-state index in [9.17, 15) is 4.79 Å². The molecule has 0 radical (unpaired) electrons. The lowest BCUT2D eigenvalue weighted by molar-refractivity contribution is 0.0871. The molecule has 2 aromatic rings. The van der Waals surface area contributed by atoms with Crippen molar-refractivity contribution in [2.45, 2.75) is 20.8 Å². The van der Waals surface area contributed by atoms with Crippen LogP contribution in [-0.2, 0) is 0 Å². The van der Waals surface area contributed by atoms with Crippen LogP contribution in [0.2, 0.25) is 0 Å². The summed E-state index contributed by atoms with van der Waals surface area (Å²) in [6.07, 6.45) is 1.76. The molecule has 0 bridgehead atoms. The minimum atomic E-state index is -0.135. The highest BCUT2D eigenvalue weighted by atomic mass is 35.5. The Morgan fingerprint density at radius 1 is 1.33 bits per heavy atom. The van der Waals surface area contributed by atoms with Crippen molar-refractivity contribution in [1.29, 1.82) is 0 Å². The molecule has 110 valence electrons. The molecule has 1 heterocycles. The number of benzene rings is 1. The van der Waals surface area contributed by atoms with Gasteiger partial charge in [-0.15, -0.1) is 0 Å². The Bertz CT molecular complexity index is 757. The lowest BCUT2D eigenvalue weighted by atomic mass is 10.1. The summed E-state index contributed by atoms with van der Waals surface area (Å²) in [4.78, 5) is 17.4. The van der Waals surface area contributed by atoms with Crippen molar-refractivity contribution in [2.75, 3.05) is 0 Å². The number of para-hydroxylation sites is 2. The van der Waals surface area contributed by atoms with E-state index < -0.39 is 0 Å². The predicted octanol–water partition coefficient (Wildman–Crippen LogP) is 4.58. The van der Waals surface area contributed by atoms with Crippen LogP contribution in [-0.4, -0.2) is 15.5 Å². The molecule has 1 saturated carbocycles. The lowest BCUT2D eigenvalue weighted by Crippen LogP contribution is -2.17. The van der Waals surface area contributed by atoms with Crippen LogP contribution in [0.4, 0.5) is 0 Å². The SMILES string of the molecule is Cc1nc2ccccc2n1C(=O)C1C(C=C(Cl)Cl)C1(C)C. The fourth-order valence-corrected chi connectivity index (χ4v) is 3.43. The number of allylic oxidation sites excluding steroid dienone is 1. The van der Waals surface area contributed by atoms with Gasteiger partial charge in [-0.2, -0.15) is 0 Å². The van der Waals surface area contributed by atoms with Gasteiger partial charge in [-0.1, -0.05) is 49.2 Å². The first kappa shape index (κ1) is 14.6. The van der Waals surface area contributed by atoms with Gasteiger partial charge in [0.15, 0.2) is 0 Å². The molecule has 0 N–H and O–H groups in total. The summed E-state index contributed by atoms with van der Waals surface area (Å²) in [6.45, 7) is 5.97. The molecular weight excluding hydrogens is 307 g/mol. The van der Waals surface area contributed by atoms with E-state index in [0.717, 1.165) is 11.0 Å². The van der Waals surface area contributed by atoms with E-state index in [2.05, 4.69) is 18.8 Å². The van der Waals surface area contributed by atoms with Crippen molar-refractivity contribution in [2.24, 2.45) is 17.3 Å². The molecule has 0 saturated heterocycles. The van der Waals surface area contributed by atoms with Gasteiger partial charge in [0, 0.05) is 0 Å². The second-order valence-electron chi connectivity index (χ2n) is 6.10. The summed E-state index contributed by atoms with van der Waals surface area (Å²) in [5.41, 5.74) is 1.55. The zero-order chi connectivity index (χ0) is 15.4. The van der Waals surface area contributed by atoms with Crippen LogP contribution in [0.1, 0.15) is 24.5 Å². The third-order valence-electron chi connectivity index (χ3n) is 4.43. The molecule has 5 heteroatoms. The number of fused-ring (bicyclic) bond motifs is 1. The van der Waals surface area contributed by atoms with Crippen molar-refractivity contribution < 1.29 is 4.79 Å². The van der Waals surface area contributed by atoms with Crippen LogP contribution in [0.5, 0.6) is 0 Å². The van der Waals surface area contributed by atoms with E-state index in [-0.39, 0.29) is 27.6 Å². The summed E-state index contributed by atoms with van der Waals surface area (Å²) < 4.78 is 1.92. The average molecular weight is 323 g/mol. The number of aromatic nitrogens is 2. The van der Waals surface area contributed by atoms with Crippen molar-refractivity contribution in [1.82, 2.24) is 9.55 Å². The maximum absolute atomic E-state index is 12.9. The smallest absolute Gasteiger partial charge is 0.236 e. The monoisotopic (exact) mass is 322 g/mol. The molecule has 1 aliphatic carbocycles. The van der Waals surface area contributed by atoms with Gasteiger partial charge < -0.3 is 0 Å². The second-order valence-corrected chi connectivity index (χ2v) is 7.11. The molecule has 3 nitrogen and oxygen atoms in total. The Morgan fingerprint density at radius 2 is 2.00 bits per heavy atom. The van der Waals surface area contributed by atoms with Crippen LogP contribution in [0.15, 0.2) is 34.8 Å². The molecule has 1 fully saturated rings. The molecule has 0 aliphatic heterocycles. The maximum atomic E-state index is 12.9. The summed E-state index contributed by atoms with van der Waals surface area (Å²) in [5.74, 6) is 0.711. The van der Waals surface area contributed by atoms with Crippen molar-refractivity contribution >= 4 is 40.1 Å². The molecular formula is C16H16Cl2N2O. The number of hydrogen-bond acceptors (Lipinski definition) is 2. The van der Waals surface area contributed by atoms with Crippen LogP contribution >= 0.6 is 23.2 Å². The fraction of sp³-hybridized carbons (Fsp3) is 0.375. The number of carbonyl (C=O) groups excluding carboxylic acids is 1. The van der Waals surface area contributed by atoms with Gasteiger partial charge in [-0.05, 0) is 36.5 Å². The number of imidazole rings is 1. The zero-order valence-corrected chi connectivity index (χ0v) is 13.6. The fourth-order valence-electron chi connectivity index (χ4n) is 3.16.